The number of likely N-dealkylation sites (N-methyl/N-ethyl adjacent to an activating group) is 1. The summed E-state index contributed by atoms with van der Waals surface area (Å²) in [5.41, 5.74) is 1.07. The fraction of sp³-hybridized carbons (Fsp3) is 0.444. The maximum absolute atomic E-state index is 9.13. The van der Waals surface area contributed by atoms with Gasteiger partial charge in [0.1, 0.15) is 0 Å². The summed E-state index contributed by atoms with van der Waals surface area (Å²) in [5, 5.41) is 9.13. The number of rotatable bonds is 3. The van der Waals surface area contributed by atoms with Gasteiger partial charge in [-0.2, -0.15) is 0 Å². The van der Waals surface area contributed by atoms with Gasteiger partial charge in [0.2, 0.25) is 0 Å². The molecule has 0 amide bonds. The zero-order chi connectivity index (χ0) is 8.97. The van der Waals surface area contributed by atoms with Crippen molar-refractivity contribution in [2.24, 2.45) is 0 Å². The van der Waals surface area contributed by atoms with Crippen LogP contribution < -0.4 is 4.90 Å². The standard InChI is InChI=1S/C9H14N2O/c1-8(12)7-11(2)9-3-5-10-6-4-9/h3-6,8,12H,7H2,1-2H3. The molecule has 0 aliphatic carbocycles. The molecule has 0 aromatic carbocycles. The smallest absolute Gasteiger partial charge is 0.0686 e. The zero-order valence-electron chi connectivity index (χ0n) is 7.44. The van der Waals surface area contributed by atoms with E-state index < -0.39 is 0 Å². The molecular formula is C9H14N2O. The van der Waals surface area contributed by atoms with Crippen LogP contribution in [0.4, 0.5) is 5.69 Å². The van der Waals surface area contributed by atoms with Crippen LogP contribution in [0.2, 0.25) is 0 Å². The Balaban J connectivity index is 2.59. The van der Waals surface area contributed by atoms with Crippen molar-refractivity contribution in [1.82, 2.24) is 4.98 Å². The normalized spacial score (nSPS) is 12.6. The van der Waals surface area contributed by atoms with Gasteiger partial charge in [-0.15, -0.1) is 0 Å². The number of anilines is 1. The van der Waals surface area contributed by atoms with Crippen molar-refractivity contribution in [1.29, 1.82) is 0 Å². The number of aliphatic hydroxyl groups excluding tert-OH is 1. The second kappa shape index (κ2) is 4.07. The van der Waals surface area contributed by atoms with Gasteiger partial charge < -0.3 is 10.0 Å². The quantitative estimate of drug-likeness (QED) is 0.724. The van der Waals surface area contributed by atoms with Gasteiger partial charge >= 0.3 is 0 Å². The van der Waals surface area contributed by atoms with Crippen LogP contribution in [0.1, 0.15) is 6.92 Å². The molecule has 1 unspecified atom stereocenters. The fourth-order valence-electron chi connectivity index (χ4n) is 1.10. The first-order valence-corrected chi connectivity index (χ1v) is 3.99. The molecule has 0 fully saturated rings. The molecule has 1 heterocycles. The topological polar surface area (TPSA) is 36.4 Å². The highest BCUT2D eigenvalue weighted by Crippen LogP contribution is 2.09. The molecule has 0 aliphatic heterocycles. The summed E-state index contributed by atoms with van der Waals surface area (Å²) in [7, 11) is 1.95. The van der Waals surface area contributed by atoms with E-state index in [1.165, 1.54) is 0 Å². The van der Waals surface area contributed by atoms with E-state index in [-0.39, 0.29) is 6.10 Å². The second-order valence-electron chi connectivity index (χ2n) is 2.93. The van der Waals surface area contributed by atoms with Crippen LogP contribution in [0.15, 0.2) is 24.5 Å². The van der Waals surface area contributed by atoms with E-state index in [2.05, 4.69) is 4.98 Å². The van der Waals surface area contributed by atoms with Gasteiger partial charge in [-0.3, -0.25) is 4.98 Å². The van der Waals surface area contributed by atoms with E-state index in [1.54, 1.807) is 19.3 Å². The maximum Gasteiger partial charge on any atom is 0.0686 e. The summed E-state index contributed by atoms with van der Waals surface area (Å²) in [6, 6.07) is 3.84. The molecule has 1 atom stereocenters. The lowest BCUT2D eigenvalue weighted by atomic mass is 10.3. The Morgan fingerprint density at radius 2 is 2.08 bits per heavy atom. The first kappa shape index (κ1) is 9.00. The van der Waals surface area contributed by atoms with E-state index in [0.717, 1.165) is 5.69 Å². The van der Waals surface area contributed by atoms with Crippen LogP contribution in [0.25, 0.3) is 0 Å². The fourth-order valence-corrected chi connectivity index (χ4v) is 1.10. The Bertz CT molecular complexity index is 223. The van der Waals surface area contributed by atoms with Crippen LogP contribution in [0.3, 0.4) is 0 Å². The highest BCUT2D eigenvalue weighted by atomic mass is 16.3. The minimum Gasteiger partial charge on any atom is -0.392 e. The third-order valence-corrected chi connectivity index (χ3v) is 1.64. The molecule has 1 aromatic heterocycles. The molecular weight excluding hydrogens is 152 g/mol. The number of pyridine rings is 1. The molecule has 1 rings (SSSR count). The summed E-state index contributed by atoms with van der Waals surface area (Å²) in [4.78, 5) is 5.91. The minimum atomic E-state index is -0.303. The summed E-state index contributed by atoms with van der Waals surface area (Å²) in [6.45, 7) is 2.42. The van der Waals surface area contributed by atoms with Crippen molar-refractivity contribution in [3.05, 3.63) is 24.5 Å². The zero-order valence-corrected chi connectivity index (χ0v) is 7.44. The van der Waals surface area contributed by atoms with Crippen molar-refractivity contribution in [2.75, 3.05) is 18.5 Å². The monoisotopic (exact) mass is 166 g/mol. The number of hydrogen-bond donors (Lipinski definition) is 1. The van der Waals surface area contributed by atoms with Crippen molar-refractivity contribution < 1.29 is 5.11 Å². The van der Waals surface area contributed by atoms with E-state index in [0.29, 0.717) is 6.54 Å². The van der Waals surface area contributed by atoms with E-state index in [4.69, 9.17) is 5.11 Å². The van der Waals surface area contributed by atoms with Crippen LogP contribution in [-0.2, 0) is 0 Å². The van der Waals surface area contributed by atoms with E-state index >= 15 is 0 Å². The predicted molar refractivity (Wildman–Crippen MR) is 49.2 cm³/mol. The lowest BCUT2D eigenvalue weighted by Gasteiger charge is -2.20. The molecule has 66 valence electrons. The van der Waals surface area contributed by atoms with Gasteiger partial charge in [-0.25, -0.2) is 0 Å². The number of nitrogens with zero attached hydrogens (tertiary/aromatic N) is 2. The third-order valence-electron chi connectivity index (χ3n) is 1.64. The molecule has 1 aromatic rings. The average Bonchev–Trinajstić information content (AvgIpc) is 2.05. The average molecular weight is 166 g/mol. The van der Waals surface area contributed by atoms with Gasteiger partial charge in [-0.1, -0.05) is 0 Å². The SMILES string of the molecule is CC(O)CN(C)c1ccncc1. The molecule has 3 heteroatoms. The minimum absolute atomic E-state index is 0.303. The number of hydrogen-bond acceptors (Lipinski definition) is 3. The summed E-state index contributed by atoms with van der Waals surface area (Å²) < 4.78 is 0. The predicted octanol–water partition coefficient (Wildman–Crippen LogP) is 0.899. The Morgan fingerprint density at radius 3 is 2.58 bits per heavy atom. The van der Waals surface area contributed by atoms with Crippen LogP contribution in [0, 0.1) is 0 Å². The van der Waals surface area contributed by atoms with Gasteiger partial charge in [-0.05, 0) is 19.1 Å². The molecule has 0 radical (unpaired) electrons. The van der Waals surface area contributed by atoms with Gasteiger partial charge in [0.15, 0.2) is 0 Å². The first-order chi connectivity index (χ1) is 5.70. The molecule has 1 N–H and O–H groups in total. The molecule has 0 bridgehead atoms. The lowest BCUT2D eigenvalue weighted by molar-refractivity contribution is 0.201. The summed E-state index contributed by atoms with van der Waals surface area (Å²) in [6.07, 6.45) is 3.19. The summed E-state index contributed by atoms with van der Waals surface area (Å²) in [5.74, 6) is 0. The molecule has 0 spiro atoms. The third kappa shape index (κ3) is 2.51. The van der Waals surface area contributed by atoms with Gasteiger partial charge in [0.05, 0.1) is 6.10 Å². The molecule has 0 aliphatic rings. The molecule has 3 nitrogen and oxygen atoms in total. The van der Waals surface area contributed by atoms with Crippen molar-refractivity contribution in [2.45, 2.75) is 13.0 Å². The highest BCUT2D eigenvalue weighted by Gasteiger charge is 2.02. The van der Waals surface area contributed by atoms with Crippen LogP contribution in [0.5, 0.6) is 0 Å². The van der Waals surface area contributed by atoms with Crippen molar-refractivity contribution in [3.8, 4) is 0 Å². The maximum atomic E-state index is 9.13. The summed E-state index contributed by atoms with van der Waals surface area (Å²) >= 11 is 0. The highest BCUT2D eigenvalue weighted by molar-refractivity contribution is 5.43. The Labute approximate surface area is 72.7 Å². The Hall–Kier alpha value is -1.09. The molecule has 12 heavy (non-hydrogen) atoms. The van der Waals surface area contributed by atoms with Crippen molar-refractivity contribution >= 4 is 5.69 Å². The van der Waals surface area contributed by atoms with Crippen molar-refractivity contribution in [3.63, 3.8) is 0 Å². The molecule has 0 saturated heterocycles. The van der Waals surface area contributed by atoms with Gasteiger partial charge in [0.25, 0.3) is 0 Å². The molecule has 0 saturated carbocycles. The second-order valence-corrected chi connectivity index (χ2v) is 2.93. The van der Waals surface area contributed by atoms with E-state index in [9.17, 15) is 0 Å². The van der Waals surface area contributed by atoms with E-state index in [1.807, 2.05) is 24.1 Å². The lowest BCUT2D eigenvalue weighted by Crippen LogP contribution is -2.26. The number of aliphatic hydroxyl groups is 1. The first-order valence-electron chi connectivity index (χ1n) is 3.99. The van der Waals surface area contributed by atoms with Gasteiger partial charge in [0, 0.05) is 31.7 Å². The van der Waals surface area contributed by atoms with Crippen LogP contribution in [-0.4, -0.2) is 29.8 Å². The number of aromatic nitrogens is 1. The Morgan fingerprint density at radius 1 is 1.50 bits per heavy atom. The Kier molecular flexibility index (Phi) is 3.05. The largest absolute Gasteiger partial charge is 0.392 e. The van der Waals surface area contributed by atoms with Crippen LogP contribution >= 0.6 is 0 Å².